The average molecular weight is 349 g/mol. The first-order valence-corrected chi connectivity index (χ1v) is 8.21. The van der Waals surface area contributed by atoms with E-state index in [1.165, 1.54) is 12.4 Å². The molecule has 1 fully saturated rings. The van der Waals surface area contributed by atoms with Crippen LogP contribution >= 0.6 is 0 Å². The number of amides is 1. The van der Waals surface area contributed by atoms with Crippen molar-refractivity contribution in [1.29, 1.82) is 0 Å². The van der Waals surface area contributed by atoms with E-state index in [0.29, 0.717) is 44.1 Å². The topological polar surface area (TPSA) is 54.3 Å². The van der Waals surface area contributed by atoms with Crippen LogP contribution in [-0.2, 0) is 6.54 Å². The van der Waals surface area contributed by atoms with Crippen molar-refractivity contribution in [3.63, 3.8) is 0 Å². The first-order chi connectivity index (χ1) is 11.9. The summed E-state index contributed by atoms with van der Waals surface area (Å²) in [5, 5.41) is 0. The Morgan fingerprint density at radius 3 is 2.40 bits per heavy atom. The van der Waals surface area contributed by atoms with Gasteiger partial charge in [0, 0.05) is 55.5 Å². The van der Waals surface area contributed by atoms with Crippen LogP contribution in [0, 0.1) is 13.8 Å². The smallest absolute Gasteiger partial charge is 0.319 e. The van der Waals surface area contributed by atoms with E-state index in [1.54, 1.807) is 17.0 Å². The zero-order valence-corrected chi connectivity index (χ0v) is 14.3. The number of rotatable bonds is 4. The predicted molar refractivity (Wildman–Crippen MR) is 88.4 cm³/mol. The molecule has 0 unspecified atom stereocenters. The summed E-state index contributed by atoms with van der Waals surface area (Å²) in [6.07, 6.45) is 2.67. The first-order valence-electron chi connectivity index (χ1n) is 8.21. The van der Waals surface area contributed by atoms with Gasteiger partial charge in [0.05, 0.1) is 6.54 Å². The van der Waals surface area contributed by atoms with Crippen LogP contribution in [0.1, 0.15) is 34.1 Å². The third-order valence-corrected chi connectivity index (χ3v) is 4.31. The Labute approximate surface area is 145 Å². The molecule has 0 aliphatic carbocycles. The fourth-order valence-corrected chi connectivity index (χ4v) is 3.09. The van der Waals surface area contributed by atoms with Crippen molar-refractivity contribution >= 4 is 5.91 Å². The normalized spacial score (nSPS) is 15.8. The number of carbonyl (C=O) groups excluding carboxylic acids is 1. The van der Waals surface area contributed by atoms with Gasteiger partial charge in [-0.25, -0.2) is 4.98 Å². The number of aromatic nitrogens is 3. The van der Waals surface area contributed by atoms with E-state index in [1.807, 2.05) is 18.7 Å². The van der Waals surface area contributed by atoms with Crippen molar-refractivity contribution in [3.05, 3.63) is 47.3 Å². The van der Waals surface area contributed by atoms with Gasteiger partial charge >= 0.3 is 6.55 Å². The molecule has 1 saturated heterocycles. The van der Waals surface area contributed by atoms with Crippen molar-refractivity contribution in [3.8, 4) is 0 Å². The summed E-state index contributed by atoms with van der Waals surface area (Å²) in [5.74, 6) is 0.331. The molecular formula is C17H21F2N5O. The van der Waals surface area contributed by atoms with Gasteiger partial charge in [0.25, 0.3) is 5.91 Å². The molecule has 1 amide bonds. The van der Waals surface area contributed by atoms with Crippen LogP contribution < -0.4 is 0 Å². The lowest BCUT2D eigenvalue weighted by atomic mass is 10.1. The second-order valence-corrected chi connectivity index (χ2v) is 6.24. The summed E-state index contributed by atoms with van der Waals surface area (Å²) in [7, 11) is 0. The second kappa shape index (κ2) is 7.26. The molecule has 1 aliphatic rings. The SMILES string of the molecule is Cc1cc(C(=O)N2CCN(Cc3nccn3C(F)F)CC2)cc(C)n1. The lowest BCUT2D eigenvalue weighted by Gasteiger charge is -2.34. The van der Waals surface area contributed by atoms with E-state index in [4.69, 9.17) is 0 Å². The molecule has 0 atom stereocenters. The van der Waals surface area contributed by atoms with E-state index in [2.05, 4.69) is 9.97 Å². The Bertz CT molecular complexity index is 733. The van der Waals surface area contributed by atoms with E-state index in [9.17, 15) is 13.6 Å². The number of hydrogen-bond donors (Lipinski definition) is 0. The molecule has 134 valence electrons. The lowest BCUT2D eigenvalue weighted by Crippen LogP contribution is -2.48. The van der Waals surface area contributed by atoms with E-state index >= 15 is 0 Å². The molecule has 0 N–H and O–H groups in total. The molecule has 3 rings (SSSR count). The van der Waals surface area contributed by atoms with Crippen molar-refractivity contribution in [1.82, 2.24) is 24.3 Å². The highest BCUT2D eigenvalue weighted by Crippen LogP contribution is 2.16. The molecule has 0 spiro atoms. The number of halogens is 2. The first kappa shape index (κ1) is 17.5. The number of aryl methyl sites for hydroxylation is 2. The second-order valence-electron chi connectivity index (χ2n) is 6.24. The minimum absolute atomic E-state index is 0.0117. The fraction of sp³-hybridized carbons (Fsp3) is 0.471. The highest BCUT2D eigenvalue weighted by molar-refractivity contribution is 5.94. The van der Waals surface area contributed by atoms with Gasteiger partial charge in [-0.1, -0.05) is 0 Å². The van der Waals surface area contributed by atoms with Gasteiger partial charge in [-0.15, -0.1) is 0 Å². The third-order valence-electron chi connectivity index (χ3n) is 4.31. The summed E-state index contributed by atoms with van der Waals surface area (Å²) in [6, 6.07) is 3.59. The lowest BCUT2D eigenvalue weighted by molar-refractivity contribution is 0.0555. The van der Waals surface area contributed by atoms with Gasteiger partial charge in [-0.2, -0.15) is 8.78 Å². The maximum absolute atomic E-state index is 12.9. The third kappa shape index (κ3) is 4.01. The zero-order chi connectivity index (χ0) is 18.0. The molecule has 2 aromatic heterocycles. The average Bonchev–Trinajstić information content (AvgIpc) is 3.02. The monoisotopic (exact) mass is 349 g/mol. The number of imidazole rings is 1. The van der Waals surface area contributed by atoms with Gasteiger partial charge in [-0.3, -0.25) is 19.2 Å². The molecular weight excluding hydrogens is 328 g/mol. The van der Waals surface area contributed by atoms with E-state index < -0.39 is 6.55 Å². The van der Waals surface area contributed by atoms with Crippen LogP contribution in [0.15, 0.2) is 24.5 Å². The molecule has 25 heavy (non-hydrogen) atoms. The van der Waals surface area contributed by atoms with Crippen LogP contribution in [-0.4, -0.2) is 56.4 Å². The minimum Gasteiger partial charge on any atom is -0.336 e. The van der Waals surface area contributed by atoms with Gasteiger partial charge in [-0.05, 0) is 26.0 Å². The number of pyridine rings is 1. The molecule has 6 nitrogen and oxygen atoms in total. The van der Waals surface area contributed by atoms with Crippen LogP contribution in [0.4, 0.5) is 8.78 Å². The van der Waals surface area contributed by atoms with Crippen molar-refractivity contribution in [2.45, 2.75) is 26.9 Å². The summed E-state index contributed by atoms with van der Waals surface area (Å²) in [5.41, 5.74) is 2.29. The summed E-state index contributed by atoms with van der Waals surface area (Å²) < 4.78 is 26.6. The van der Waals surface area contributed by atoms with Crippen molar-refractivity contribution in [2.24, 2.45) is 0 Å². The molecule has 2 aromatic rings. The molecule has 3 heterocycles. The Hall–Kier alpha value is -2.35. The van der Waals surface area contributed by atoms with Gasteiger partial charge in [0.2, 0.25) is 0 Å². The Morgan fingerprint density at radius 1 is 1.16 bits per heavy atom. The fourth-order valence-electron chi connectivity index (χ4n) is 3.09. The largest absolute Gasteiger partial charge is 0.336 e. The number of hydrogen-bond acceptors (Lipinski definition) is 4. The van der Waals surface area contributed by atoms with Gasteiger partial charge < -0.3 is 4.90 Å². The van der Waals surface area contributed by atoms with Crippen molar-refractivity contribution < 1.29 is 13.6 Å². The Morgan fingerprint density at radius 2 is 1.80 bits per heavy atom. The highest BCUT2D eigenvalue weighted by Gasteiger charge is 2.24. The zero-order valence-electron chi connectivity index (χ0n) is 14.3. The van der Waals surface area contributed by atoms with Gasteiger partial charge in [0.15, 0.2) is 0 Å². The maximum Gasteiger partial charge on any atom is 0.319 e. The summed E-state index contributed by atoms with van der Waals surface area (Å²) in [4.78, 5) is 24.8. The summed E-state index contributed by atoms with van der Waals surface area (Å²) in [6.45, 7) is 3.89. The molecule has 0 radical (unpaired) electrons. The van der Waals surface area contributed by atoms with Crippen molar-refractivity contribution in [2.75, 3.05) is 26.2 Å². The Kier molecular flexibility index (Phi) is 5.08. The summed E-state index contributed by atoms with van der Waals surface area (Å²) >= 11 is 0. The quantitative estimate of drug-likeness (QED) is 0.850. The van der Waals surface area contributed by atoms with Crippen LogP contribution in [0.3, 0.4) is 0 Å². The number of carbonyl (C=O) groups is 1. The van der Waals surface area contributed by atoms with E-state index in [-0.39, 0.29) is 5.91 Å². The minimum atomic E-state index is -2.58. The van der Waals surface area contributed by atoms with E-state index in [0.717, 1.165) is 16.0 Å². The molecule has 1 aliphatic heterocycles. The number of piperazine rings is 1. The molecule has 0 aromatic carbocycles. The number of alkyl halides is 2. The number of nitrogens with zero attached hydrogens (tertiary/aromatic N) is 5. The van der Waals surface area contributed by atoms with Gasteiger partial charge in [0.1, 0.15) is 5.82 Å². The Balaban J connectivity index is 1.60. The molecule has 0 saturated carbocycles. The van der Waals surface area contributed by atoms with Crippen LogP contribution in [0.5, 0.6) is 0 Å². The highest BCUT2D eigenvalue weighted by atomic mass is 19.3. The standard InChI is InChI=1S/C17H21F2N5O/c1-12-9-14(10-13(2)21-12)16(25)23-7-5-22(6-8-23)11-15-20-3-4-24(15)17(18)19/h3-4,9-10,17H,5-8,11H2,1-2H3. The predicted octanol–water partition coefficient (Wildman–Crippen LogP) is 2.25. The van der Waals surface area contributed by atoms with Crippen LogP contribution in [0.25, 0.3) is 0 Å². The molecule has 0 bridgehead atoms. The maximum atomic E-state index is 12.9. The van der Waals surface area contributed by atoms with Crippen LogP contribution in [0.2, 0.25) is 0 Å². The molecule has 8 heteroatoms.